The molecule has 144 valence electrons. The zero-order chi connectivity index (χ0) is 20.2. The van der Waals surface area contributed by atoms with Gasteiger partial charge in [0.1, 0.15) is 0 Å². The minimum Gasteiger partial charge on any atom is -0.312 e. The van der Waals surface area contributed by atoms with Crippen LogP contribution in [0.1, 0.15) is 5.56 Å². The summed E-state index contributed by atoms with van der Waals surface area (Å²) in [7, 11) is 5.88. The molecule has 7 nitrogen and oxygen atoms in total. The van der Waals surface area contributed by atoms with E-state index in [1.165, 1.54) is 0 Å². The van der Waals surface area contributed by atoms with Gasteiger partial charge >= 0.3 is 5.82 Å². The van der Waals surface area contributed by atoms with Crippen molar-refractivity contribution >= 4 is 22.7 Å². The van der Waals surface area contributed by atoms with Crippen molar-refractivity contribution in [2.75, 3.05) is 0 Å². The molecular weight excluding hydrogens is 362 g/mol. The minimum atomic E-state index is 0.444. The zero-order valence-corrected chi connectivity index (χ0v) is 16.6. The molecular formula is C22H22N7+. The highest BCUT2D eigenvalue weighted by Crippen LogP contribution is 2.11. The molecule has 0 aliphatic carbocycles. The lowest BCUT2D eigenvalue weighted by Gasteiger charge is -1.96. The van der Waals surface area contributed by atoms with Crippen LogP contribution in [0.3, 0.4) is 0 Å². The normalized spacial score (nSPS) is 12.0. The number of amidine groups is 1. The second-order valence-corrected chi connectivity index (χ2v) is 6.67. The summed E-state index contributed by atoms with van der Waals surface area (Å²) in [6.45, 7) is 0. The quantitative estimate of drug-likeness (QED) is 0.171. The lowest BCUT2D eigenvalue weighted by atomic mass is 10.2. The van der Waals surface area contributed by atoms with Gasteiger partial charge in [0.2, 0.25) is 11.5 Å². The van der Waals surface area contributed by atoms with Gasteiger partial charge in [0.15, 0.2) is 0 Å². The van der Waals surface area contributed by atoms with Crippen LogP contribution >= 0.6 is 0 Å². The number of rotatable bonds is 3. The van der Waals surface area contributed by atoms with Crippen LogP contribution in [0, 0.1) is 0 Å². The molecule has 0 aliphatic rings. The third-order valence-corrected chi connectivity index (χ3v) is 4.75. The Morgan fingerprint density at radius 1 is 0.793 bits per heavy atom. The fraction of sp³-hybridized carbons (Fsp3) is 0.136. The van der Waals surface area contributed by atoms with E-state index < -0.39 is 0 Å². The van der Waals surface area contributed by atoms with E-state index >= 15 is 0 Å². The number of hydrogen-bond donors (Lipinski definition) is 0. The highest BCUT2D eigenvalue weighted by molar-refractivity contribution is 5.99. The second kappa shape index (κ2) is 8.02. The summed E-state index contributed by atoms with van der Waals surface area (Å²) in [5.74, 6) is 1.17. The van der Waals surface area contributed by atoms with Crippen molar-refractivity contribution in [2.24, 2.45) is 41.6 Å². The fourth-order valence-corrected chi connectivity index (χ4v) is 3.14. The van der Waals surface area contributed by atoms with E-state index in [9.17, 15) is 0 Å². The van der Waals surface area contributed by atoms with Gasteiger partial charge < -0.3 is 9.13 Å². The molecule has 2 aromatic heterocycles. The molecule has 0 fully saturated rings. The Balaban J connectivity index is 1.83. The van der Waals surface area contributed by atoms with Crippen molar-refractivity contribution in [1.29, 1.82) is 0 Å². The predicted molar refractivity (Wildman–Crippen MR) is 113 cm³/mol. The molecule has 29 heavy (non-hydrogen) atoms. The molecule has 2 aromatic carbocycles. The van der Waals surface area contributed by atoms with Crippen LogP contribution in [0.2, 0.25) is 0 Å². The molecule has 0 saturated heterocycles. The summed E-state index contributed by atoms with van der Waals surface area (Å²) in [6.07, 6.45) is 1.92. The number of pyridine rings is 1. The highest BCUT2D eigenvalue weighted by Gasteiger charge is 2.09. The van der Waals surface area contributed by atoms with Crippen molar-refractivity contribution in [1.82, 2.24) is 9.13 Å². The molecule has 0 atom stereocenters. The Hall–Kier alpha value is -3.87. The van der Waals surface area contributed by atoms with Crippen LogP contribution in [0.4, 0.5) is 5.82 Å². The number of hydrogen-bond acceptors (Lipinski definition) is 3. The average molecular weight is 384 g/mol. The third kappa shape index (κ3) is 3.75. The second-order valence-electron chi connectivity index (χ2n) is 6.67. The maximum Gasteiger partial charge on any atom is 0.350 e. The summed E-state index contributed by atoms with van der Waals surface area (Å²) >= 11 is 0. The van der Waals surface area contributed by atoms with E-state index in [-0.39, 0.29) is 0 Å². The number of aromatic nitrogens is 3. The first-order valence-electron chi connectivity index (χ1n) is 9.29. The van der Waals surface area contributed by atoms with Crippen molar-refractivity contribution in [2.45, 2.75) is 0 Å². The number of imidazole rings is 1. The van der Waals surface area contributed by atoms with Crippen molar-refractivity contribution in [3.8, 4) is 0 Å². The lowest BCUT2D eigenvalue weighted by molar-refractivity contribution is -0.658. The van der Waals surface area contributed by atoms with Crippen LogP contribution < -0.4 is 10.2 Å². The molecule has 4 rings (SSSR count). The van der Waals surface area contributed by atoms with Gasteiger partial charge in [-0.3, -0.25) is 0 Å². The zero-order valence-electron chi connectivity index (χ0n) is 16.6. The van der Waals surface area contributed by atoms with Crippen LogP contribution in [-0.4, -0.2) is 15.0 Å². The highest BCUT2D eigenvalue weighted by atomic mass is 15.3. The molecule has 0 aliphatic heterocycles. The Labute approximate surface area is 168 Å². The largest absolute Gasteiger partial charge is 0.350 e. The maximum atomic E-state index is 4.51. The van der Waals surface area contributed by atoms with Gasteiger partial charge in [-0.05, 0) is 23.3 Å². The summed E-state index contributed by atoms with van der Waals surface area (Å²) in [4.78, 5) is 0. The monoisotopic (exact) mass is 384 g/mol. The Morgan fingerprint density at radius 2 is 1.41 bits per heavy atom. The molecule has 2 heterocycles. The van der Waals surface area contributed by atoms with E-state index in [0.29, 0.717) is 5.84 Å². The molecule has 0 saturated carbocycles. The van der Waals surface area contributed by atoms with Gasteiger partial charge in [-0.1, -0.05) is 48.5 Å². The Morgan fingerprint density at radius 3 is 2.07 bits per heavy atom. The third-order valence-electron chi connectivity index (χ3n) is 4.75. The van der Waals surface area contributed by atoms with Crippen LogP contribution in [-0.2, 0) is 21.1 Å². The number of benzene rings is 2. The smallest absolute Gasteiger partial charge is 0.312 e. The lowest BCUT2D eigenvalue weighted by Crippen LogP contribution is -2.26. The first-order valence-corrected chi connectivity index (χ1v) is 9.29. The molecule has 0 amide bonds. The van der Waals surface area contributed by atoms with E-state index in [1.807, 2.05) is 102 Å². The van der Waals surface area contributed by atoms with Gasteiger partial charge in [0.25, 0.3) is 0 Å². The summed E-state index contributed by atoms with van der Waals surface area (Å²) < 4.78 is 5.92. The molecule has 4 aromatic rings. The van der Waals surface area contributed by atoms with Crippen LogP contribution in [0.25, 0.3) is 11.0 Å². The molecule has 7 heteroatoms. The standard InChI is InChI=1S/C22H22N7/c1-27-16-10-9-15-20(27)23-24-21(17-11-5-4-6-12-17)25-26-22-28(2)18-13-7-8-14-19(18)29(22)3/h4-16H,1-3H3/q+1. The number of azo groups is 1. The average Bonchev–Trinajstić information content (AvgIpc) is 3.00. The van der Waals surface area contributed by atoms with Gasteiger partial charge in [-0.15, -0.1) is 10.2 Å². The topological polar surface area (TPSA) is 63.2 Å². The molecule has 0 N–H and O–H groups in total. The SMILES string of the molecule is Cn1c(=N/N=C(\N=Nc2cccc[n+]2C)c2ccccc2)n(C)c2ccccc21. The van der Waals surface area contributed by atoms with Gasteiger partial charge in [0, 0.05) is 25.7 Å². The Bertz CT molecular complexity index is 1240. The van der Waals surface area contributed by atoms with Crippen LogP contribution in [0.5, 0.6) is 0 Å². The summed E-state index contributed by atoms with van der Waals surface area (Å²) in [5, 5.41) is 17.7. The molecule has 0 spiro atoms. The minimum absolute atomic E-state index is 0.444. The van der Waals surface area contributed by atoms with E-state index in [4.69, 9.17) is 0 Å². The first-order chi connectivity index (χ1) is 14.1. The Kier molecular flexibility index (Phi) is 5.11. The number of para-hydroxylation sites is 2. The molecule has 0 unspecified atom stereocenters. The van der Waals surface area contributed by atoms with Gasteiger partial charge in [-0.25, -0.2) is 4.57 Å². The number of nitrogens with zero attached hydrogens (tertiary/aromatic N) is 7. The van der Waals surface area contributed by atoms with Gasteiger partial charge in [-0.2, -0.15) is 0 Å². The van der Waals surface area contributed by atoms with E-state index in [1.54, 1.807) is 0 Å². The summed E-state index contributed by atoms with van der Waals surface area (Å²) in [5.41, 5.74) is 3.74. The van der Waals surface area contributed by atoms with Gasteiger partial charge in [0.05, 0.1) is 29.4 Å². The van der Waals surface area contributed by atoms with Crippen molar-refractivity contribution in [3.05, 3.63) is 90.2 Å². The van der Waals surface area contributed by atoms with Crippen molar-refractivity contribution < 1.29 is 4.57 Å². The first kappa shape index (κ1) is 18.5. The van der Waals surface area contributed by atoms with E-state index in [2.05, 4.69) is 32.6 Å². The molecule has 0 bridgehead atoms. The van der Waals surface area contributed by atoms with Crippen LogP contribution in [0.15, 0.2) is 99.4 Å². The number of aryl methyl sites for hydroxylation is 3. The fourth-order valence-electron chi connectivity index (χ4n) is 3.14. The van der Waals surface area contributed by atoms with Crippen molar-refractivity contribution in [3.63, 3.8) is 0 Å². The predicted octanol–water partition coefficient (Wildman–Crippen LogP) is 3.39. The maximum absolute atomic E-state index is 4.51. The summed E-state index contributed by atoms with van der Waals surface area (Å²) in [6, 6.07) is 23.6. The number of fused-ring (bicyclic) bond motifs is 1. The molecule has 0 radical (unpaired) electrons. The van der Waals surface area contributed by atoms with E-state index in [0.717, 1.165) is 28.0 Å².